The van der Waals surface area contributed by atoms with Gasteiger partial charge in [0.1, 0.15) is 0 Å². The van der Waals surface area contributed by atoms with Crippen molar-refractivity contribution in [2.75, 3.05) is 24.3 Å². The van der Waals surface area contributed by atoms with Crippen molar-refractivity contribution in [1.82, 2.24) is 5.32 Å². The lowest BCUT2D eigenvalue weighted by Gasteiger charge is -2.23. The van der Waals surface area contributed by atoms with Crippen LogP contribution in [0.4, 0.5) is 11.4 Å². The van der Waals surface area contributed by atoms with Crippen LogP contribution in [-0.2, 0) is 19.1 Å². The molecule has 1 heterocycles. The number of amides is 3. The number of thioether (sulfide) groups is 1. The molecule has 1 atom stereocenters. The molecule has 29 heavy (non-hydrogen) atoms. The molecule has 3 N–H and O–H groups in total. The van der Waals surface area contributed by atoms with Crippen LogP contribution in [0.1, 0.15) is 16.8 Å². The molecule has 0 aliphatic carbocycles. The molecule has 0 spiro atoms. The monoisotopic (exact) mass is 413 g/mol. The van der Waals surface area contributed by atoms with Crippen molar-refractivity contribution in [2.24, 2.45) is 0 Å². The zero-order valence-electron chi connectivity index (χ0n) is 15.6. The second-order valence-electron chi connectivity index (χ2n) is 6.16. The summed E-state index contributed by atoms with van der Waals surface area (Å²) in [4.78, 5) is 48.7. The first-order valence-electron chi connectivity index (χ1n) is 8.80. The van der Waals surface area contributed by atoms with Crippen molar-refractivity contribution in [1.29, 1.82) is 0 Å². The third kappa shape index (κ3) is 5.35. The Morgan fingerprint density at radius 1 is 1.14 bits per heavy atom. The fourth-order valence-electron chi connectivity index (χ4n) is 2.66. The zero-order valence-corrected chi connectivity index (χ0v) is 16.4. The third-order valence-electron chi connectivity index (χ3n) is 4.06. The van der Waals surface area contributed by atoms with Crippen molar-refractivity contribution in [3.05, 3.63) is 54.1 Å². The zero-order chi connectivity index (χ0) is 20.8. The minimum absolute atomic E-state index is 0.149. The molecule has 0 saturated carbocycles. The number of anilines is 2. The van der Waals surface area contributed by atoms with E-state index in [0.717, 1.165) is 4.90 Å². The molecular weight excluding hydrogens is 394 g/mol. The van der Waals surface area contributed by atoms with Gasteiger partial charge in [0, 0.05) is 23.2 Å². The summed E-state index contributed by atoms with van der Waals surface area (Å²) in [6.45, 7) is -0.487. The average Bonchev–Trinajstić information content (AvgIpc) is 2.72. The van der Waals surface area contributed by atoms with Crippen molar-refractivity contribution in [3.8, 4) is 0 Å². The summed E-state index contributed by atoms with van der Waals surface area (Å²) in [5.74, 6) is -1.75. The largest absolute Gasteiger partial charge is 0.456 e. The van der Waals surface area contributed by atoms with Crippen LogP contribution < -0.4 is 16.0 Å². The molecule has 0 unspecified atom stereocenters. The standard InChI is InChI=1S/C20H19N3O5S/c1-21-19(26)12-5-4-6-13(9-12)22-17(24)11-28-18(25)10-16-20(27)23-14-7-2-3-8-15(14)29-16/h2-9,16H,10-11H2,1H3,(H,21,26)(H,22,24)(H,23,27)/t16-/m0/s1. The molecule has 0 aromatic heterocycles. The molecule has 3 amide bonds. The maximum atomic E-state index is 12.1. The number of nitrogens with one attached hydrogen (secondary N) is 3. The second-order valence-corrected chi connectivity index (χ2v) is 7.41. The number of para-hydroxylation sites is 1. The number of ether oxygens (including phenoxy) is 1. The topological polar surface area (TPSA) is 114 Å². The van der Waals surface area contributed by atoms with E-state index in [-0.39, 0.29) is 18.2 Å². The van der Waals surface area contributed by atoms with Crippen LogP contribution in [0.2, 0.25) is 0 Å². The fraction of sp³-hybridized carbons (Fsp3) is 0.200. The minimum Gasteiger partial charge on any atom is -0.456 e. The van der Waals surface area contributed by atoms with Crippen LogP contribution in [0.15, 0.2) is 53.4 Å². The van der Waals surface area contributed by atoms with Crippen molar-refractivity contribution in [3.63, 3.8) is 0 Å². The number of esters is 1. The van der Waals surface area contributed by atoms with E-state index in [0.29, 0.717) is 16.9 Å². The predicted molar refractivity (Wildman–Crippen MR) is 109 cm³/mol. The van der Waals surface area contributed by atoms with Gasteiger partial charge in [-0.05, 0) is 30.3 Å². The first-order valence-corrected chi connectivity index (χ1v) is 9.68. The summed E-state index contributed by atoms with van der Waals surface area (Å²) in [6.07, 6.45) is -0.149. The van der Waals surface area contributed by atoms with Crippen molar-refractivity contribution >= 4 is 46.8 Å². The molecule has 0 bridgehead atoms. The molecule has 0 saturated heterocycles. The van der Waals surface area contributed by atoms with Gasteiger partial charge in [0.2, 0.25) is 5.91 Å². The lowest BCUT2D eigenvalue weighted by atomic mass is 10.2. The summed E-state index contributed by atoms with van der Waals surface area (Å²) < 4.78 is 4.99. The van der Waals surface area contributed by atoms with Gasteiger partial charge in [-0.15, -0.1) is 11.8 Å². The van der Waals surface area contributed by atoms with Gasteiger partial charge in [0.05, 0.1) is 17.4 Å². The Balaban J connectivity index is 1.49. The highest BCUT2D eigenvalue weighted by molar-refractivity contribution is 8.01. The molecule has 3 rings (SSSR count). The molecule has 2 aromatic rings. The van der Waals surface area contributed by atoms with Gasteiger partial charge in [0.25, 0.3) is 11.8 Å². The van der Waals surface area contributed by atoms with Crippen LogP contribution in [0.5, 0.6) is 0 Å². The van der Waals surface area contributed by atoms with Crippen molar-refractivity contribution in [2.45, 2.75) is 16.6 Å². The summed E-state index contributed by atoms with van der Waals surface area (Å²) in [6, 6.07) is 13.7. The van der Waals surface area contributed by atoms with E-state index in [1.807, 2.05) is 18.2 Å². The van der Waals surface area contributed by atoms with Gasteiger partial charge in [-0.3, -0.25) is 19.2 Å². The smallest absolute Gasteiger partial charge is 0.307 e. The number of hydrogen-bond acceptors (Lipinski definition) is 6. The highest BCUT2D eigenvalue weighted by atomic mass is 32.2. The molecule has 0 fully saturated rings. The molecule has 1 aliphatic heterocycles. The number of hydrogen-bond donors (Lipinski definition) is 3. The Hall–Kier alpha value is -3.33. The maximum Gasteiger partial charge on any atom is 0.307 e. The molecule has 8 nitrogen and oxygen atoms in total. The number of carbonyl (C=O) groups excluding carboxylic acids is 4. The number of benzene rings is 2. The van der Waals surface area contributed by atoms with E-state index < -0.39 is 23.7 Å². The maximum absolute atomic E-state index is 12.1. The van der Waals surface area contributed by atoms with E-state index >= 15 is 0 Å². The highest BCUT2D eigenvalue weighted by Gasteiger charge is 2.29. The third-order valence-corrected chi connectivity index (χ3v) is 5.33. The van der Waals surface area contributed by atoms with Gasteiger partial charge in [0.15, 0.2) is 6.61 Å². The molecule has 0 radical (unpaired) electrons. The molecule has 150 valence electrons. The van der Waals surface area contributed by atoms with E-state index in [4.69, 9.17) is 4.74 Å². The SMILES string of the molecule is CNC(=O)c1cccc(NC(=O)COC(=O)C[C@@H]2Sc3ccccc3NC2=O)c1. The van der Waals surface area contributed by atoms with Gasteiger partial charge in [-0.1, -0.05) is 18.2 Å². The normalized spacial score (nSPS) is 14.9. The van der Waals surface area contributed by atoms with Gasteiger partial charge < -0.3 is 20.7 Å². The second kappa shape index (κ2) is 9.24. The first-order chi connectivity index (χ1) is 14.0. The van der Waals surface area contributed by atoms with E-state index in [9.17, 15) is 19.2 Å². The summed E-state index contributed by atoms with van der Waals surface area (Å²) in [7, 11) is 1.51. The van der Waals surface area contributed by atoms with E-state index in [1.165, 1.54) is 24.9 Å². The minimum atomic E-state index is -0.647. The Labute approximate surface area is 171 Å². The van der Waals surface area contributed by atoms with Crippen LogP contribution in [0, 0.1) is 0 Å². The van der Waals surface area contributed by atoms with Crippen LogP contribution >= 0.6 is 11.8 Å². The Morgan fingerprint density at radius 2 is 1.93 bits per heavy atom. The average molecular weight is 413 g/mol. The van der Waals surface area contributed by atoms with Gasteiger partial charge in [-0.2, -0.15) is 0 Å². The highest BCUT2D eigenvalue weighted by Crippen LogP contribution is 2.36. The Bertz CT molecular complexity index is 963. The van der Waals surface area contributed by atoms with Crippen LogP contribution in [0.3, 0.4) is 0 Å². The number of carbonyl (C=O) groups is 4. The molecular formula is C20H19N3O5S. The molecule has 1 aliphatic rings. The van der Waals surface area contributed by atoms with Gasteiger partial charge >= 0.3 is 5.97 Å². The van der Waals surface area contributed by atoms with E-state index in [1.54, 1.807) is 24.3 Å². The predicted octanol–water partition coefficient (Wildman–Crippen LogP) is 2.03. The van der Waals surface area contributed by atoms with Crippen molar-refractivity contribution < 1.29 is 23.9 Å². The summed E-state index contributed by atoms with van der Waals surface area (Å²) in [5, 5.41) is 7.19. The number of fused-ring (bicyclic) bond motifs is 1. The summed E-state index contributed by atoms with van der Waals surface area (Å²) in [5.41, 5.74) is 1.51. The molecule has 2 aromatic carbocycles. The summed E-state index contributed by atoms with van der Waals surface area (Å²) >= 11 is 1.29. The lowest BCUT2D eigenvalue weighted by molar-refractivity contribution is -0.147. The number of rotatable bonds is 6. The first kappa shape index (κ1) is 20.4. The fourth-order valence-corrected chi connectivity index (χ4v) is 3.76. The van der Waals surface area contributed by atoms with Crippen LogP contribution in [-0.4, -0.2) is 42.6 Å². The Kier molecular flexibility index (Phi) is 6.50. The lowest BCUT2D eigenvalue weighted by Crippen LogP contribution is -2.32. The van der Waals surface area contributed by atoms with Gasteiger partial charge in [-0.25, -0.2) is 0 Å². The Morgan fingerprint density at radius 3 is 2.72 bits per heavy atom. The molecule has 9 heteroatoms. The van der Waals surface area contributed by atoms with Crippen LogP contribution in [0.25, 0.3) is 0 Å². The quantitative estimate of drug-likeness (QED) is 0.625. The van der Waals surface area contributed by atoms with E-state index in [2.05, 4.69) is 16.0 Å².